The van der Waals surface area contributed by atoms with Crippen LogP contribution in [-0.2, 0) is 14.8 Å². The summed E-state index contributed by atoms with van der Waals surface area (Å²) in [5.74, 6) is 0.553. The van der Waals surface area contributed by atoms with Crippen LogP contribution in [0.2, 0.25) is 0 Å². The molecule has 0 fully saturated rings. The van der Waals surface area contributed by atoms with Gasteiger partial charge >= 0.3 is 0 Å². The van der Waals surface area contributed by atoms with Crippen LogP contribution in [0.3, 0.4) is 0 Å². The minimum atomic E-state index is -3.67. The summed E-state index contributed by atoms with van der Waals surface area (Å²) in [6.45, 7) is 1.76. The van der Waals surface area contributed by atoms with Gasteiger partial charge in [-0.3, -0.25) is 9.10 Å². The summed E-state index contributed by atoms with van der Waals surface area (Å²) in [5.41, 5.74) is 0.868. The largest absolute Gasteiger partial charge is 0.497 e. The van der Waals surface area contributed by atoms with Gasteiger partial charge in [0.05, 0.1) is 31.9 Å². The van der Waals surface area contributed by atoms with Gasteiger partial charge in [0.1, 0.15) is 17.5 Å². The van der Waals surface area contributed by atoms with Crippen LogP contribution in [-0.4, -0.2) is 40.8 Å². The molecule has 0 unspecified atom stereocenters. The zero-order valence-electron chi connectivity index (χ0n) is 15.8. The van der Waals surface area contributed by atoms with Gasteiger partial charge in [0.25, 0.3) is 0 Å². The fourth-order valence-corrected chi connectivity index (χ4v) is 3.96. The highest BCUT2D eigenvalue weighted by atomic mass is 32.2. The van der Waals surface area contributed by atoms with E-state index < -0.39 is 22.0 Å². The second-order valence-corrected chi connectivity index (χ2v) is 7.73. The lowest BCUT2D eigenvalue weighted by Gasteiger charge is -2.30. The van der Waals surface area contributed by atoms with Crippen molar-refractivity contribution in [1.82, 2.24) is 0 Å². The summed E-state index contributed by atoms with van der Waals surface area (Å²) in [6, 6.07) is 12.6. The summed E-state index contributed by atoms with van der Waals surface area (Å²) in [5, 5.41) is 2.76. The molecule has 0 radical (unpaired) electrons. The van der Waals surface area contributed by atoms with Crippen LogP contribution in [0.5, 0.6) is 11.5 Å². The number of carbonyl (C=O) groups excluding carboxylic acids is 1. The third-order valence-corrected chi connectivity index (χ3v) is 5.19. The topological polar surface area (TPSA) is 84.9 Å². The molecule has 2 aromatic carbocycles. The van der Waals surface area contributed by atoms with Crippen LogP contribution in [0, 0.1) is 0 Å². The van der Waals surface area contributed by atoms with Crippen molar-refractivity contribution in [3.05, 3.63) is 48.5 Å². The van der Waals surface area contributed by atoms with Gasteiger partial charge < -0.3 is 14.8 Å². The molecule has 0 bridgehead atoms. The standard InChI is InChI=1S/C19H24N2O5S/c1-5-17(21(27(4,23)24)14-9-7-6-8-10-14)19(22)20-16-12-11-15(25-2)13-18(16)26-3/h6-13,17H,5H2,1-4H3,(H,20,22)/t17-/m0/s1. The maximum absolute atomic E-state index is 12.9. The Morgan fingerprint density at radius 2 is 1.78 bits per heavy atom. The fraction of sp³-hybridized carbons (Fsp3) is 0.316. The average Bonchev–Trinajstić information content (AvgIpc) is 2.65. The van der Waals surface area contributed by atoms with Crippen molar-refractivity contribution in [2.45, 2.75) is 19.4 Å². The lowest BCUT2D eigenvalue weighted by Crippen LogP contribution is -2.47. The number of hydrogen-bond acceptors (Lipinski definition) is 5. The first-order chi connectivity index (χ1) is 12.8. The predicted octanol–water partition coefficient (Wildman–Crippen LogP) is 2.89. The number of nitrogens with one attached hydrogen (secondary N) is 1. The van der Waals surface area contributed by atoms with Crippen molar-refractivity contribution in [2.75, 3.05) is 30.1 Å². The summed E-state index contributed by atoms with van der Waals surface area (Å²) < 4.78 is 36.4. The van der Waals surface area contributed by atoms with Crippen LogP contribution in [0.1, 0.15) is 13.3 Å². The lowest BCUT2D eigenvalue weighted by atomic mass is 10.1. The van der Waals surface area contributed by atoms with E-state index >= 15 is 0 Å². The SMILES string of the molecule is CC[C@@H](C(=O)Nc1ccc(OC)cc1OC)N(c1ccccc1)S(C)(=O)=O. The molecule has 1 amide bonds. The van der Waals surface area contributed by atoms with E-state index in [4.69, 9.17) is 9.47 Å². The second kappa shape index (κ2) is 8.77. The van der Waals surface area contributed by atoms with Crippen LogP contribution < -0.4 is 19.1 Å². The van der Waals surface area contributed by atoms with Gasteiger partial charge in [0.15, 0.2) is 0 Å². The second-order valence-electron chi connectivity index (χ2n) is 5.87. The smallest absolute Gasteiger partial charge is 0.248 e. The number of nitrogens with zero attached hydrogens (tertiary/aromatic N) is 1. The molecule has 0 spiro atoms. The Balaban J connectivity index is 2.37. The highest BCUT2D eigenvalue weighted by Gasteiger charge is 2.31. The van der Waals surface area contributed by atoms with E-state index in [1.807, 2.05) is 0 Å². The number of para-hydroxylation sites is 1. The van der Waals surface area contributed by atoms with E-state index in [2.05, 4.69) is 5.32 Å². The molecule has 8 heteroatoms. The quantitative estimate of drug-likeness (QED) is 0.747. The zero-order valence-corrected chi connectivity index (χ0v) is 16.6. The molecule has 0 aliphatic rings. The number of methoxy groups -OCH3 is 2. The van der Waals surface area contributed by atoms with Crippen LogP contribution in [0.15, 0.2) is 48.5 Å². The fourth-order valence-electron chi connectivity index (χ4n) is 2.75. The number of carbonyl (C=O) groups is 1. The lowest BCUT2D eigenvalue weighted by molar-refractivity contribution is -0.117. The van der Waals surface area contributed by atoms with Gasteiger partial charge in [-0.25, -0.2) is 8.42 Å². The molecule has 0 heterocycles. The number of ether oxygens (including phenoxy) is 2. The van der Waals surface area contributed by atoms with E-state index in [0.717, 1.165) is 10.6 Å². The van der Waals surface area contributed by atoms with E-state index in [0.29, 0.717) is 29.3 Å². The molecule has 0 saturated carbocycles. The molecule has 27 heavy (non-hydrogen) atoms. The van der Waals surface area contributed by atoms with Gasteiger partial charge in [0.2, 0.25) is 15.9 Å². The third kappa shape index (κ3) is 4.91. The molecule has 2 aromatic rings. The minimum Gasteiger partial charge on any atom is -0.497 e. The normalized spacial score (nSPS) is 12.1. The van der Waals surface area contributed by atoms with E-state index in [1.165, 1.54) is 14.2 Å². The first kappa shape index (κ1) is 20.6. The van der Waals surface area contributed by atoms with E-state index in [9.17, 15) is 13.2 Å². The van der Waals surface area contributed by atoms with Gasteiger partial charge in [-0.2, -0.15) is 0 Å². The Hall–Kier alpha value is -2.74. The molecule has 7 nitrogen and oxygen atoms in total. The summed E-state index contributed by atoms with van der Waals surface area (Å²) >= 11 is 0. The van der Waals surface area contributed by atoms with E-state index in [-0.39, 0.29) is 0 Å². The Bertz CT molecular complexity index is 884. The molecule has 0 aliphatic carbocycles. The van der Waals surface area contributed by atoms with Crippen LogP contribution in [0.4, 0.5) is 11.4 Å². The number of benzene rings is 2. The molecule has 1 N–H and O–H groups in total. The number of hydrogen-bond donors (Lipinski definition) is 1. The van der Waals surface area contributed by atoms with Crippen molar-refractivity contribution in [3.63, 3.8) is 0 Å². The summed E-state index contributed by atoms with van der Waals surface area (Å²) in [4.78, 5) is 12.9. The monoisotopic (exact) mass is 392 g/mol. The van der Waals surface area contributed by atoms with Crippen molar-refractivity contribution in [1.29, 1.82) is 0 Å². The third-order valence-electron chi connectivity index (χ3n) is 4.01. The molecule has 0 aromatic heterocycles. The Morgan fingerprint density at radius 1 is 1.11 bits per heavy atom. The number of anilines is 2. The van der Waals surface area contributed by atoms with Crippen LogP contribution >= 0.6 is 0 Å². The van der Waals surface area contributed by atoms with Crippen molar-refractivity contribution in [2.24, 2.45) is 0 Å². The first-order valence-electron chi connectivity index (χ1n) is 8.39. The number of rotatable bonds is 8. The van der Waals surface area contributed by atoms with Gasteiger partial charge in [0, 0.05) is 6.07 Å². The molecular formula is C19H24N2O5S. The first-order valence-corrected chi connectivity index (χ1v) is 10.2. The van der Waals surface area contributed by atoms with Crippen molar-refractivity contribution >= 4 is 27.3 Å². The molecule has 1 atom stereocenters. The number of amides is 1. The maximum atomic E-state index is 12.9. The zero-order chi connectivity index (χ0) is 20.0. The molecule has 146 valence electrons. The average molecular weight is 392 g/mol. The number of sulfonamides is 1. The van der Waals surface area contributed by atoms with E-state index in [1.54, 1.807) is 55.5 Å². The van der Waals surface area contributed by atoms with Crippen molar-refractivity contribution < 1.29 is 22.7 Å². The summed E-state index contributed by atoms with van der Waals surface area (Å²) in [6.07, 6.45) is 1.39. The molecular weight excluding hydrogens is 368 g/mol. The van der Waals surface area contributed by atoms with Gasteiger partial charge in [-0.05, 0) is 30.7 Å². The Kier molecular flexibility index (Phi) is 6.68. The highest BCUT2D eigenvalue weighted by Crippen LogP contribution is 2.30. The highest BCUT2D eigenvalue weighted by molar-refractivity contribution is 7.92. The molecule has 0 aliphatic heterocycles. The Labute approximate surface area is 160 Å². The predicted molar refractivity (Wildman–Crippen MR) is 106 cm³/mol. The maximum Gasteiger partial charge on any atom is 0.248 e. The molecule has 2 rings (SSSR count). The van der Waals surface area contributed by atoms with Gasteiger partial charge in [-0.1, -0.05) is 25.1 Å². The minimum absolute atomic E-state index is 0.298. The van der Waals surface area contributed by atoms with Gasteiger partial charge in [-0.15, -0.1) is 0 Å². The Morgan fingerprint density at radius 3 is 2.30 bits per heavy atom. The van der Waals surface area contributed by atoms with Crippen molar-refractivity contribution in [3.8, 4) is 11.5 Å². The molecule has 0 saturated heterocycles. The van der Waals surface area contributed by atoms with Crippen LogP contribution in [0.25, 0.3) is 0 Å². The summed E-state index contributed by atoms with van der Waals surface area (Å²) in [7, 11) is -0.659.